The van der Waals surface area contributed by atoms with Gasteiger partial charge in [0.2, 0.25) is 11.8 Å². The zero-order valence-corrected chi connectivity index (χ0v) is 40.1. The van der Waals surface area contributed by atoms with E-state index in [1.807, 2.05) is 78.9 Å². The van der Waals surface area contributed by atoms with E-state index in [9.17, 15) is 24.0 Å². The third-order valence-electron chi connectivity index (χ3n) is 11.8. The van der Waals surface area contributed by atoms with E-state index in [-0.39, 0.29) is 67.1 Å². The van der Waals surface area contributed by atoms with Gasteiger partial charge in [0, 0.05) is 74.3 Å². The summed E-state index contributed by atoms with van der Waals surface area (Å²) in [5.41, 5.74) is 5.42. The molecule has 69 heavy (non-hydrogen) atoms. The van der Waals surface area contributed by atoms with Crippen molar-refractivity contribution < 1.29 is 48.4 Å². The van der Waals surface area contributed by atoms with Crippen LogP contribution in [0.1, 0.15) is 93.7 Å². The highest BCUT2D eigenvalue weighted by atomic mass is 16.5. The molecule has 5 aromatic rings. The summed E-state index contributed by atoms with van der Waals surface area (Å²) in [6, 6.07) is 29.6. The number of aromatic amines is 1. The molecule has 0 aliphatic heterocycles. The summed E-state index contributed by atoms with van der Waals surface area (Å²) in [4.78, 5) is 71.7. The van der Waals surface area contributed by atoms with Gasteiger partial charge in [-0.1, -0.05) is 68.4 Å². The van der Waals surface area contributed by atoms with Crippen molar-refractivity contribution in [1.82, 2.24) is 20.1 Å². The molecule has 0 atom stereocenters. The quantitative estimate of drug-likeness (QED) is 0.0251. The third kappa shape index (κ3) is 17.6. The number of hydrogen-bond acceptors (Lipinski definition) is 10. The average Bonchev–Trinajstić information content (AvgIpc) is 3.73. The van der Waals surface area contributed by atoms with Crippen LogP contribution in [0.3, 0.4) is 0 Å². The molecule has 4 amide bonds. The summed E-state index contributed by atoms with van der Waals surface area (Å²) >= 11 is 0. The lowest BCUT2D eigenvalue weighted by atomic mass is 10.0. The lowest BCUT2D eigenvalue weighted by Crippen LogP contribution is -2.41. The largest absolute Gasteiger partial charge is 0.478 e. The van der Waals surface area contributed by atoms with Crippen LogP contribution in [0, 0.1) is 0 Å². The maximum atomic E-state index is 13.9. The van der Waals surface area contributed by atoms with Gasteiger partial charge in [-0.05, 0) is 91.3 Å². The molecular formula is C53H68N6O10. The van der Waals surface area contributed by atoms with Crippen LogP contribution in [-0.2, 0) is 43.2 Å². The van der Waals surface area contributed by atoms with E-state index < -0.39 is 5.97 Å². The number of aliphatic hydroxyl groups is 1. The standard InChI is InChI=1S/C53H68N6O10/c1-4-44(5-2)59(28-27-58(3)48(62)25-24-47(61)54-26-30-67-32-34-69-35-33-68-31-29-60)37-40-12-9-13-42(36-40)51(63)57-50-49(45-14-6-7-15-46(45)56-50)52(64)55-43-22-18-39(19-23-43)11-8-10-38-16-20-41(21-17-38)53(65)66/h6-7,9,12-23,36,44,56,60H,4-5,8,10-11,24-35,37H2,1-3H3,(H,54,61)(H,55,64)(H,57,63)(H,65,66). The molecule has 1 heterocycles. The van der Waals surface area contributed by atoms with E-state index >= 15 is 0 Å². The fraction of sp³-hybridized carbons (Fsp3) is 0.415. The van der Waals surface area contributed by atoms with Crippen LogP contribution >= 0.6 is 0 Å². The number of nitrogens with zero attached hydrogens (tertiary/aromatic N) is 2. The Morgan fingerprint density at radius 3 is 2.00 bits per heavy atom. The number of para-hydroxylation sites is 1. The number of carboxylic acid groups (broad SMARTS) is 1. The Bertz CT molecular complexity index is 2400. The van der Waals surface area contributed by atoms with E-state index in [1.165, 1.54) is 0 Å². The Balaban J connectivity index is 1.11. The number of hydrogen-bond donors (Lipinski definition) is 6. The number of aromatic carboxylic acids is 1. The number of aromatic nitrogens is 1. The summed E-state index contributed by atoms with van der Waals surface area (Å²) in [5.74, 6) is -1.76. The topological polar surface area (TPSA) is 212 Å². The fourth-order valence-electron chi connectivity index (χ4n) is 7.93. The lowest BCUT2D eigenvalue weighted by molar-refractivity contribution is -0.132. The molecule has 16 nitrogen and oxygen atoms in total. The second kappa shape index (κ2) is 28.8. The number of carboxylic acids is 1. The summed E-state index contributed by atoms with van der Waals surface area (Å²) in [6.45, 7) is 8.36. The number of anilines is 2. The van der Waals surface area contributed by atoms with Crippen molar-refractivity contribution >= 4 is 52.0 Å². The van der Waals surface area contributed by atoms with Crippen molar-refractivity contribution in [3.63, 3.8) is 0 Å². The van der Waals surface area contributed by atoms with Crippen LogP contribution in [-0.4, -0.2) is 134 Å². The predicted octanol–water partition coefficient (Wildman–Crippen LogP) is 6.93. The number of carbonyl (C=O) groups is 5. The maximum Gasteiger partial charge on any atom is 0.335 e. The number of amides is 4. The molecule has 0 unspecified atom stereocenters. The van der Waals surface area contributed by atoms with Gasteiger partial charge in [0.1, 0.15) is 5.82 Å². The zero-order valence-electron chi connectivity index (χ0n) is 40.1. The van der Waals surface area contributed by atoms with Gasteiger partial charge in [-0.15, -0.1) is 0 Å². The van der Waals surface area contributed by atoms with Crippen molar-refractivity contribution in [3.05, 3.63) is 130 Å². The van der Waals surface area contributed by atoms with Gasteiger partial charge in [-0.3, -0.25) is 24.1 Å². The van der Waals surface area contributed by atoms with Gasteiger partial charge in [0.05, 0.1) is 57.4 Å². The number of rotatable bonds is 31. The Morgan fingerprint density at radius 2 is 1.33 bits per heavy atom. The normalized spacial score (nSPS) is 11.3. The van der Waals surface area contributed by atoms with Crippen molar-refractivity contribution in [2.45, 2.75) is 71.4 Å². The van der Waals surface area contributed by atoms with Crippen LogP contribution < -0.4 is 16.0 Å². The Morgan fingerprint density at radius 1 is 0.681 bits per heavy atom. The fourth-order valence-corrected chi connectivity index (χ4v) is 7.93. The monoisotopic (exact) mass is 948 g/mol. The number of nitrogens with one attached hydrogen (secondary N) is 4. The number of H-pyrrole nitrogens is 1. The van der Waals surface area contributed by atoms with Gasteiger partial charge >= 0.3 is 5.97 Å². The summed E-state index contributed by atoms with van der Waals surface area (Å²) in [6.07, 6.45) is 4.46. The SMILES string of the molecule is CCC(CC)N(CCN(C)C(=O)CCC(=O)NCCOCCOCCOCCO)Cc1cccc(C(=O)Nc2[nH]c3ccccc3c2C(=O)Nc2ccc(CCCc3ccc(C(=O)O)cc3)cc2)c1. The predicted molar refractivity (Wildman–Crippen MR) is 267 cm³/mol. The number of ether oxygens (including phenoxy) is 3. The average molecular weight is 949 g/mol. The minimum absolute atomic E-state index is 0.0242. The highest BCUT2D eigenvalue weighted by Gasteiger charge is 2.23. The molecule has 16 heteroatoms. The first-order valence-corrected chi connectivity index (χ1v) is 23.8. The van der Waals surface area contributed by atoms with Crippen molar-refractivity contribution in [2.75, 3.05) is 83.6 Å². The molecule has 0 aliphatic carbocycles. The van der Waals surface area contributed by atoms with Crippen molar-refractivity contribution in [2.24, 2.45) is 0 Å². The highest BCUT2D eigenvalue weighted by Crippen LogP contribution is 2.28. The molecule has 0 spiro atoms. The van der Waals surface area contributed by atoms with Crippen LogP contribution in [0.4, 0.5) is 11.5 Å². The molecule has 0 saturated carbocycles. The van der Waals surface area contributed by atoms with Gasteiger partial charge in [0.15, 0.2) is 0 Å². The van der Waals surface area contributed by atoms with Crippen LogP contribution in [0.25, 0.3) is 10.9 Å². The van der Waals surface area contributed by atoms with Crippen molar-refractivity contribution in [3.8, 4) is 0 Å². The molecule has 4 aromatic carbocycles. The van der Waals surface area contributed by atoms with Crippen LogP contribution in [0.5, 0.6) is 0 Å². The molecule has 0 radical (unpaired) electrons. The number of carbonyl (C=O) groups excluding carboxylic acids is 4. The van der Waals surface area contributed by atoms with E-state index in [0.29, 0.717) is 86.9 Å². The molecule has 0 fully saturated rings. The molecule has 5 rings (SSSR count). The number of aryl methyl sites for hydroxylation is 2. The number of aliphatic hydroxyl groups excluding tert-OH is 1. The van der Waals surface area contributed by atoms with E-state index in [2.05, 4.69) is 39.7 Å². The summed E-state index contributed by atoms with van der Waals surface area (Å²) < 4.78 is 16.0. The van der Waals surface area contributed by atoms with Crippen LogP contribution in [0.15, 0.2) is 97.1 Å². The van der Waals surface area contributed by atoms with Gasteiger partial charge in [-0.25, -0.2) is 4.79 Å². The minimum atomic E-state index is -0.942. The molecule has 0 aliphatic rings. The van der Waals surface area contributed by atoms with Crippen molar-refractivity contribution in [1.29, 1.82) is 0 Å². The summed E-state index contributed by atoms with van der Waals surface area (Å²) in [5, 5.41) is 27.3. The number of likely N-dealkylation sites (N-methyl/N-ethyl adjacent to an activating group) is 1. The molecule has 6 N–H and O–H groups in total. The molecule has 1 aromatic heterocycles. The smallest absolute Gasteiger partial charge is 0.335 e. The van der Waals surface area contributed by atoms with Gasteiger partial charge < -0.3 is 50.3 Å². The Labute approximate surface area is 404 Å². The van der Waals surface area contributed by atoms with E-state index in [4.69, 9.17) is 24.4 Å². The first kappa shape index (κ1) is 53.5. The highest BCUT2D eigenvalue weighted by molar-refractivity contribution is 6.19. The first-order valence-electron chi connectivity index (χ1n) is 23.8. The molecular weight excluding hydrogens is 881 g/mol. The molecule has 0 saturated heterocycles. The molecule has 0 bridgehead atoms. The second-order valence-corrected chi connectivity index (χ2v) is 16.7. The lowest BCUT2D eigenvalue weighted by Gasteiger charge is -2.32. The van der Waals surface area contributed by atoms with Crippen LogP contribution in [0.2, 0.25) is 0 Å². The first-order chi connectivity index (χ1) is 33.5. The van der Waals surface area contributed by atoms with E-state index in [0.717, 1.165) is 48.8 Å². The Hall–Kier alpha value is -6.43. The third-order valence-corrected chi connectivity index (χ3v) is 11.8. The van der Waals surface area contributed by atoms with E-state index in [1.54, 1.807) is 30.1 Å². The summed E-state index contributed by atoms with van der Waals surface area (Å²) in [7, 11) is 1.75. The van der Waals surface area contributed by atoms with Gasteiger partial charge in [0.25, 0.3) is 11.8 Å². The maximum absolute atomic E-state index is 13.9. The zero-order chi connectivity index (χ0) is 49.4. The second-order valence-electron chi connectivity index (χ2n) is 16.7. The number of benzene rings is 4. The minimum Gasteiger partial charge on any atom is -0.478 e. The number of fused-ring (bicyclic) bond motifs is 1. The van der Waals surface area contributed by atoms with Gasteiger partial charge in [-0.2, -0.15) is 0 Å². The molecule has 370 valence electrons. The Kier molecular flexibility index (Phi) is 22.3.